The second-order valence-corrected chi connectivity index (χ2v) is 6.85. The van der Waals surface area contributed by atoms with Crippen LogP contribution in [-0.2, 0) is 17.9 Å². The third-order valence-corrected chi connectivity index (χ3v) is 4.86. The van der Waals surface area contributed by atoms with Gasteiger partial charge in [0, 0.05) is 46.2 Å². The summed E-state index contributed by atoms with van der Waals surface area (Å²) in [7, 11) is 0. The summed E-state index contributed by atoms with van der Waals surface area (Å²) in [6, 6.07) is 16.5. The Morgan fingerprint density at radius 2 is 1.64 bits per heavy atom. The number of anilines is 1. The smallest absolute Gasteiger partial charge is 0.217 e. The summed E-state index contributed by atoms with van der Waals surface area (Å²) in [6.07, 6.45) is 0. The van der Waals surface area contributed by atoms with Gasteiger partial charge in [-0.05, 0) is 23.3 Å². The molecule has 1 N–H and O–H groups in total. The predicted octanol–water partition coefficient (Wildman–Crippen LogP) is 3.30. The molecule has 1 amide bonds. The van der Waals surface area contributed by atoms with Gasteiger partial charge in [0.1, 0.15) is 0 Å². The largest absolute Gasteiger partial charge is 0.368 e. The summed E-state index contributed by atoms with van der Waals surface area (Å²) in [5.74, 6) is 0.000432. The average Bonchev–Trinajstić information content (AvgIpc) is 2.62. The van der Waals surface area contributed by atoms with Crippen molar-refractivity contribution in [3.63, 3.8) is 0 Å². The summed E-state index contributed by atoms with van der Waals surface area (Å²) in [5.41, 5.74) is 3.56. The summed E-state index contributed by atoms with van der Waals surface area (Å²) in [5, 5.41) is 3.65. The molecule has 0 aromatic heterocycles. The van der Waals surface area contributed by atoms with Crippen LogP contribution in [0.1, 0.15) is 18.1 Å². The van der Waals surface area contributed by atoms with Crippen LogP contribution in [-0.4, -0.2) is 37.0 Å². The number of hydrogen-bond acceptors (Lipinski definition) is 3. The standard InChI is InChI=1S/C20H24ClN3O/c1-16(25)22-14-17-6-8-18(9-7-17)15-23-10-12-24(13-11-23)20-5-3-2-4-19(20)21/h2-9H,10-15H2,1H3,(H,22,25). The van der Waals surface area contributed by atoms with Crippen LogP contribution in [0.4, 0.5) is 5.69 Å². The monoisotopic (exact) mass is 357 g/mol. The van der Waals surface area contributed by atoms with E-state index in [2.05, 4.69) is 45.4 Å². The zero-order valence-electron chi connectivity index (χ0n) is 14.5. The van der Waals surface area contributed by atoms with E-state index < -0.39 is 0 Å². The number of amides is 1. The number of carbonyl (C=O) groups excluding carboxylic acids is 1. The summed E-state index contributed by atoms with van der Waals surface area (Å²) in [4.78, 5) is 15.8. The van der Waals surface area contributed by atoms with Gasteiger partial charge in [0.2, 0.25) is 5.91 Å². The molecule has 0 bridgehead atoms. The van der Waals surface area contributed by atoms with Crippen molar-refractivity contribution < 1.29 is 4.79 Å². The Bertz CT molecular complexity index is 709. The third-order valence-electron chi connectivity index (χ3n) is 4.54. The van der Waals surface area contributed by atoms with E-state index in [9.17, 15) is 4.79 Å². The summed E-state index contributed by atoms with van der Waals surface area (Å²) >= 11 is 6.30. The number of carbonyl (C=O) groups is 1. The van der Waals surface area contributed by atoms with Crippen LogP contribution in [0.5, 0.6) is 0 Å². The zero-order valence-corrected chi connectivity index (χ0v) is 15.3. The summed E-state index contributed by atoms with van der Waals surface area (Å²) < 4.78 is 0. The van der Waals surface area contributed by atoms with Crippen LogP contribution in [0.2, 0.25) is 5.02 Å². The molecule has 0 radical (unpaired) electrons. The van der Waals surface area contributed by atoms with Gasteiger partial charge >= 0.3 is 0 Å². The van der Waals surface area contributed by atoms with E-state index >= 15 is 0 Å². The molecule has 25 heavy (non-hydrogen) atoms. The van der Waals surface area contributed by atoms with E-state index in [1.54, 1.807) is 0 Å². The molecule has 2 aromatic carbocycles. The van der Waals surface area contributed by atoms with E-state index in [-0.39, 0.29) is 5.91 Å². The van der Waals surface area contributed by atoms with Gasteiger partial charge in [-0.15, -0.1) is 0 Å². The van der Waals surface area contributed by atoms with Crippen molar-refractivity contribution in [3.05, 3.63) is 64.7 Å². The van der Waals surface area contributed by atoms with Crippen LogP contribution < -0.4 is 10.2 Å². The highest BCUT2D eigenvalue weighted by molar-refractivity contribution is 6.33. The molecule has 0 saturated carbocycles. The van der Waals surface area contributed by atoms with Crippen molar-refractivity contribution in [2.45, 2.75) is 20.0 Å². The van der Waals surface area contributed by atoms with Crippen LogP contribution in [0, 0.1) is 0 Å². The fraction of sp³-hybridized carbons (Fsp3) is 0.350. The van der Waals surface area contributed by atoms with E-state index in [0.29, 0.717) is 6.54 Å². The molecule has 0 aliphatic carbocycles. The van der Waals surface area contributed by atoms with Gasteiger partial charge < -0.3 is 10.2 Å². The Morgan fingerprint density at radius 1 is 1.00 bits per heavy atom. The Balaban J connectivity index is 1.50. The molecule has 3 rings (SSSR count). The molecular weight excluding hydrogens is 334 g/mol. The van der Waals surface area contributed by atoms with Gasteiger partial charge in [-0.25, -0.2) is 0 Å². The molecule has 0 unspecified atom stereocenters. The van der Waals surface area contributed by atoms with Crippen molar-refractivity contribution in [2.24, 2.45) is 0 Å². The van der Waals surface area contributed by atoms with Crippen LogP contribution in [0.3, 0.4) is 0 Å². The molecule has 1 heterocycles. The minimum absolute atomic E-state index is 0.000432. The van der Waals surface area contributed by atoms with Gasteiger partial charge in [0.15, 0.2) is 0 Å². The van der Waals surface area contributed by atoms with E-state index in [4.69, 9.17) is 11.6 Å². The second kappa shape index (κ2) is 8.37. The number of nitrogens with one attached hydrogen (secondary N) is 1. The summed E-state index contributed by atoms with van der Waals surface area (Å²) in [6.45, 7) is 7.12. The SMILES string of the molecule is CC(=O)NCc1ccc(CN2CCN(c3ccccc3Cl)CC2)cc1. The van der Waals surface area contributed by atoms with Crippen molar-refractivity contribution in [1.29, 1.82) is 0 Å². The fourth-order valence-corrected chi connectivity index (χ4v) is 3.36. The number of halogens is 1. The Morgan fingerprint density at radius 3 is 2.28 bits per heavy atom. The van der Waals surface area contributed by atoms with E-state index in [1.807, 2.05) is 18.2 Å². The molecule has 5 heteroatoms. The zero-order chi connectivity index (χ0) is 17.6. The predicted molar refractivity (Wildman–Crippen MR) is 103 cm³/mol. The minimum atomic E-state index is 0.000432. The third kappa shape index (κ3) is 4.97. The van der Waals surface area contributed by atoms with Crippen molar-refractivity contribution >= 4 is 23.2 Å². The normalized spacial score (nSPS) is 15.2. The highest BCUT2D eigenvalue weighted by Crippen LogP contribution is 2.26. The first-order chi connectivity index (χ1) is 12.1. The fourth-order valence-electron chi connectivity index (χ4n) is 3.10. The van der Waals surface area contributed by atoms with Crippen molar-refractivity contribution in [2.75, 3.05) is 31.1 Å². The number of benzene rings is 2. The first-order valence-electron chi connectivity index (χ1n) is 8.66. The molecule has 1 aliphatic rings. The minimum Gasteiger partial charge on any atom is -0.368 e. The van der Waals surface area contributed by atoms with Gasteiger partial charge in [-0.1, -0.05) is 48.0 Å². The van der Waals surface area contributed by atoms with Crippen LogP contribution >= 0.6 is 11.6 Å². The molecule has 4 nitrogen and oxygen atoms in total. The molecule has 0 atom stereocenters. The maximum atomic E-state index is 11.0. The molecule has 2 aromatic rings. The lowest BCUT2D eigenvalue weighted by Crippen LogP contribution is -2.46. The molecule has 132 valence electrons. The number of hydrogen-bond donors (Lipinski definition) is 1. The lowest BCUT2D eigenvalue weighted by atomic mass is 10.1. The van der Waals surface area contributed by atoms with Crippen LogP contribution in [0.25, 0.3) is 0 Å². The number of rotatable bonds is 5. The molecule has 0 spiro atoms. The first-order valence-corrected chi connectivity index (χ1v) is 9.04. The highest BCUT2D eigenvalue weighted by atomic mass is 35.5. The van der Waals surface area contributed by atoms with Gasteiger partial charge in [-0.2, -0.15) is 0 Å². The quantitative estimate of drug-likeness (QED) is 0.891. The first kappa shape index (κ1) is 17.8. The molecule has 1 aliphatic heterocycles. The topological polar surface area (TPSA) is 35.6 Å². The number of nitrogens with zero attached hydrogens (tertiary/aromatic N) is 2. The van der Waals surface area contributed by atoms with Gasteiger partial charge in [0.25, 0.3) is 0 Å². The Kier molecular flexibility index (Phi) is 5.95. The number of para-hydroxylation sites is 1. The van der Waals surface area contributed by atoms with Gasteiger partial charge in [0.05, 0.1) is 10.7 Å². The van der Waals surface area contributed by atoms with Crippen molar-refractivity contribution in [1.82, 2.24) is 10.2 Å². The maximum Gasteiger partial charge on any atom is 0.217 e. The Hall–Kier alpha value is -2.04. The molecule has 1 fully saturated rings. The van der Waals surface area contributed by atoms with Crippen molar-refractivity contribution in [3.8, 4) is 0 Å². The van der Waals surface area contributed by atoms with Crippen LogP contribution in [0.15, 0.2) is 48.5 Å². The average molecular weight is 358 g/mol. The highest BCUT2D eigenvalue weighted by Gasteiger charge is 2.18. The van der Waals surface area contributed by atoms with E-state index in [0.717, 1.165) is 49.0 Å². The van der Waals surface area contributed by atoms with E-state index in [1.165, 1.54) is 12.5 Å². The number of piperazine rings is 1. The molecule has 1 saturated heterocycles. The Labute approximate surface area is 154 Å². The lowest BCUT2D eigenvalue weighted by Gasteiger charge is -2.36. The molecular formula is C20H24ClN3O. The maximum absolute atomic E-state index is 11.0. The van der Waals surface area contributed by atoms with Gasteiger partial charge in [-0.3, -0.25) is 9.69 Å². The lowest BCUT2D eigenvalue weighted by molar-refractivity contribution is -0.119. The second-order valence-electron chi connectivity index (χ2n) is 6.44.